The van der Waals surface area contributed by atoms with Crippen LogP contribution in [0.3, 0.4) is 0 Å². The highest BCUT2D eigenvalue weighted by Gasteiger charge is 2.07. The van der Waals surface area contributed by atoms with E-state index in [-0.39, 0.29) is 31.5 Å². The first kappa shape index (κ1) is 19.0. The fraction of sp³-hybridized carbons (Fsp3) is 0.533. The Bertz CT molecular complexity index is 455. The van der Waals surface area contributed by atoms with Crippen molar-refractivity contribution in [3.63, 3.8) is 0 Å². The van der Waals surface area contributed by atoms with Crippen LogP contribution in [0, 0.1) is 0 Å². The van der Waals surface area contributed by atoms with Gasteiger partial charge in [0, 0.05) is 33.2 Å². The summed E-state index contributed by atoms with van der Waals surface area (Å²) in [6.45, 7) is 1.60. The summed E-state index contributed by atoms with van der Waals surface area (Å²) in [5, 5.41) is 33.3. The van der Waals surface area contributed by atoms with Gasteiger partial charge in [0.05, 0.1) is 6.61 Å². The number of nitrogens with zero attached hydrogens (tertiary/aromatic N) is 1. The third-order valence-electron chi connectivity index (χ3n) is 3.02. The molecule has 0 spiro atoms. The van der Waals surface area contributed by atoms with Crippen LogP contribution in [0.4, 0.5) is 4.79 Å². The first-order valence-corrected chi connectivity index (χ1v) is 7.43. The second-order valence-corrected chi connectivity index (χ2v) is 5.04. The third-order valence-corrected chi connectivity index (χ3v) is 3.02. The smallest absolute Gasteiger partial charge is 0.317 e. The molecule has 0 aliphatic rings. The van der Waals surface area contributed by atoms with Gasteiger partial charge in [0.25, 0.3) is 0 Å². The number of ether oxygens (including phenoxy) is 1. The number of aromatic hydroxyl groups is 1. The molecule has 2 amide bonds. The van der Waals surface area contributed by atoms with Crippen molar-refractivity contribution in [3.05, 3.63) is 24.3 Å². The van der Waals surface area contributed by atoms with Crippen molar-refractivity contribution in [2.45, 2.75) is 6.10 Å². The monoisotopic (exact) mass is 327 g/mol. The molecule has 1 atom stereocenters. The van der Waals surface area contributed by atoms with Crippen molar-refractivity contribution >= 4 is 6.03 Å². The Kier molecular flexibility index (Phi) is 8.81. The topological polar surface area (TPSA) is 114 Å². The minimum atomic E-state index is -0.684. The predicted molar refractivity (Wildman–Crippen MR) is 85.6 cm³/mol. The average Bonchev–Trinajstić information content (AvgIpc) is 2.54. The summed E-state index contributed by atoms with van der Waals surface area (Å²) in [5.41, 5.74) is 0. The molecule has 0 saturated carbocycles. The Morgan fingerprint density at radius 3 is 2.65 bits per heavy atom. The molecule has 0 aromatic heterocycles. The molecule has 0 aliphatic carbocycles. The minimum absolute atomic E-state index is 0.0740. The number of phenolic OH excluding ortho intramolecular Hbond substituents is 1. The molecule has 1 aromatic rings. The lowest BCUT2D eigenvalue weighted by atomic mass is 10.3. The van der Waals surface area contributed by atoms with E-state index < -0.39 is 6.10 Å². The van der Waals surface area contributed by atoms with Crippen LogP contribution in [0.15, 0.2) is 24.3 Å². The number of hydrogen-bond donors (Lipinski definition) is 5. The molecule has 8 nitrogen and oxygen atoms in total. The Morgan fingerprint density at radius 1 is 1.30 bits per heavy atom. The number of likely N-dealkylation sites (N-methyl/N-ethyl adjacent to an activating group) is 1. The lowest BCUT2D eigenvalue weighted by molar-refractivity contribution is 0.106. The predicted octanol–water partition coefficient (Wildman–Crippen LogP) is -0.645. The number of benzene rings is 1. The van der Waals surface area contributed by atoms with Gasteiger partial charge < -0.3 is 35.6 Å². The average molecular weight is 327 g/mol. The second-order valence-electron chi connectivity index (χ2n) is 5.04. The van der Waals surface area contributed by atoms with Gasteiger partial charge in [0.15, 0.2) is 0 Å². The Labute approximate surface area is 135 Å². The first-order valence-electron chi connectivity index (χ1n) is 7.43. The van der Waals surface area contributed by atoms with Crippen molar-refractivity contribution in [3.8, 4) is 11.5 Å². The zero-order valence-corrected chi connectivity index (χ0v) is 13.2. The second kappa shape index (κ2) is 10.7. The summed E-state index contributed by atoms with van der Waals surface area (Å²) < 4.78 is 5.38. The maximum atomic E-state index is 11.5. The number of aliphatic hydroxyl groups is 2. The van der Waals surface area contributed by atoms with E-state index in [9.17, 15) is 9.90 Å². The van der Waals surface area contributed by atoms with Crippen molar-refractivity contribution < 1.29 is 24.9 Å². The van der Waals surface area contributed by atoms with Crippen LogP contribution in [-0.2, 0) is 0 Å². The van der Waals surface area contributed by atoms with Gasteiger partial charge in [-0.1, -0.05) is 0 Å². The van der Waals surface area contributed by atoms with Crippen LogP contribution in [0.5, 0.6) is 11.5 Å². The zero-order chi connectivity index (χ0) is 17.1. The minimum Gasteiger partial charge on any atom is -0.508 e. The molecule has 130 valence electrons. The van der Waals surface area contributed by atoms with E-state index in [1.165, 1.54) is 17.0 Å². The van der Waals surface area contributed by atoms with E-state index in [0.29, 0.717) is 25.4 Å². The summed E-state index contributed by atoms with van der Waals surface area (Å²) in [6.07, 6.45) is -0.684. The Morgan fingerprint density at radius 2 is 2.00 bits per heavy atom. The van der Waals surface area contributed by atoms with Gasteiger partial charge >= 0.3 is 6.03 Å². The maximum Gasteiger partial charge on any atom is 0.317 e. The molecule has 8 heteroatoms. The Balaban J connectivity index is 2.06. The molecule has 23 heavy (non-hydrogen) atoms. The van der Waals surface area contributed by atoms with Crippen molar-refractivity contribution in [1.82, 2.24) is 15.5 Å². The van der Waals surface area contributed by atoms with Gasteiger partial charge in [-0.15, -0.1) is 0 Å². The molecule has 0 aliphatic heterocycles. The summed E-state index contributed by atoms with van der Waals surface area (Å²) in [5.74, 6) is 0.729. The summed E-state index contributed by atoms with van der Waals surface area (Å²) in [4.78, 5) is 12.9. The van der Waals surface area contributed by atoms with Gasteiger partial charge in [-0.05, 0) is 24.3 Å². The normalized spacial score (nSPS) is 11.8. The quantitative estimate of drug-likeness (QED) is 0.365. The molecule has 5 N–H and O–H groups in total. The fourth-order valence-corrected chi connectivity index (χ4v) is 1.71. The highest BCUT2D eigenvalue weighted by molar-refractivity contribution is 5.73. The number of amides is 2. The van der Waals surface area contributed by atoms with Crippen LogP contribution in [0.25, 0.3) is 0 Å². The van der Waals surface area contributed by atoms with E-state index in [4.69, 9.17) is 14.9 Å². The van der Waals surface area contributed by atoms with E-state index in [2.05, 4.69) is 10.6 Å². The van der Waals surface area contributed by atoms with Gasteiger partial charge in [-0.25, -0.2) is 4.79 Å². The van der Waals surface area contributed by atoms with Crippen LogP contribution < -0.4 is 15.4 Å². The van der Waals surface area contributed by atoms with Gasteiger partial charge in [0.1, 0.15) is 24.2 Å². The fourth-order valence-electron chi connectivity index (χ4n) is 1.71. The van der Waals surface area contributed by atoms with Crippen molar-refractivity contribution in [1.29, 1.82) is 0 Å². The number of aliphatic hydroxyl groups excluding tert-OH is 2. The highest BCUT2D eigenvalue weighted by Crippen LogP contribution is 2.15. The number of hydrogen-bond acceptors (Lipinski definition) is 6. The van der Waals surface area contributed by atoms with Gasteiger partial charge in [0.2, 0.25) is 0 Å². The van der Waals surface area contributed by atoms with Crippen molar-refractivity contribution in [2.24, 2.45) is 0 Å². The molecule has 0 bridgehead atoms. The SMILES string of the molecule is CN(CCO)C(=O)NCCNCC(O)COc1ccc(O)cc1. The molecule has 1 aromatic carbocycles. The van der Waals surface area contributed by atoms with E-state index in [0.717, 1.165) is 0 Å². The number of rotatable bonds is 10. The number of nitrogens with one attached hydrogen (secondary N) is 2. The van der Waals surface area contributed by atoms with Gasteiger partial charge in [-0.3, -0.25) is 0 Å². The Hall–Kier alpha value is -2.03. The highest BCUT2D eigenvalue weighted by atomic mass is 16.5. The third kappa shape index (κ3) is 8.24. The van der Waals surface area contributed by atoms with E-state index >= 15 is 0 Å². The van der Waals surface area contributed by atoms with Crippen LogP contribution in [0.2, 0.25) is 0 Å². The molecular formula is C15H25N3O5. The van der Waals surface area contributed by atoms with E-state index in [1.807, 2.05) is 0 Å². The van der Waals surface area contributed by atoms with Crippen molar-refractivity contribution in [2.75, 3.05) is 46.4 Å². The molecule has 0 heterocycles. The number of urea groups is 1. The van der Waals surface area contributed by atoms with E-state index in [1.54, 1.807) is 19.2 Å². The summed E-state index contributed by atoms with van der Waals surface area (Å²) in [7, 11) is 1.60. The molecule has 0 saturated heterocycles. The summed E-state index contributed by atoms with van der Waals surface area (Å²) in [6, 6.07) is 6.01. The number of carbonyl (C=O) groups is 1. The standard InChI is InChI=1S/C15H25N3O5/c1-18(8-9-19)15(22)17-7-6-16-10-13(21)11-23-14-4-2-12(20)3-5-14/h2-5,13,16,19-21H,6-11H2,1H3,(H,17,22). The van der Waals surface area contributed by atoms with Crippen LogP contribution in [-0.4, -0.2) is 78.8 Å². The largest absolute Gasteiger partial charge is 0.508 e. The lowest BCUT2D eigenvalue weighted by Crippen LogP contribution is -2.42. The van der Waals surface area contributed by atoms with Gasteiger partial charge in [-0.2, -0.15) is 0 Å². The molecule has 0 fully saturated rings. The molecular weight excluding hydrogens is 302 g/mol. The van der Waals surface area contributed by atoms with Crippen LogP contribution >= 0.6 is 0 Å². The molecule has 1 unspecified atom stereocenters. The zero-order valence-electron chi connectivity index (χ0n) is 13.2. The molecule has 1 rings (SSSR count). The first-order chi connectivity index (χ1) is 11.0. The number of phenols is 1. The molecule has 0 radical (unpaired) electrons. The van der Waals surface area contributed by atoms with Crippen LogP contribution in [0.1, 0.15) is 0 Å². The summed E-state index contributed by atoms with van der Waals surface area (Å²) >= 11 is 0. The lowest BCUT2D eigenvalue weighted by Gasteiger charge is -2.17. The number of carbonyl (C=O) groups excluding carboxylic acids is 1. The maximum absolute atomic E-state index is 11.5.